The van der Waals surface area contributed by atoms with Gasteiger partial charge in [0.05, 0.1) is 59.5 Å². The maximum atomic E-state index is 11.0. The van der Waals surface area contributed by atoms with Gasteiger partial charge in [-0.15, -0.1) is 0 Å². The number of nitriles is 1. The molecule has 10 aromatic carbocycles. The molecule has 0 aliphatic heterocycles. The molecule has 12 rings (SSSR count). The van der Waals surface area contributed by atoms with E-state index in [9.17, 15) is 5.26 Å². The fourth-order valence-electron chi connectivity index (χ4n) is 10.1. The van der Waals surface area contributed by atoms with E-state index in [0.717, 1.165) is 67.1 Å². The van der Waals surface area contributed by atoms with Crippen molar-refractivity contribution in [2.45, 2.75) is 0 Å². The minimum absolute atomic E-state index is 0.365. The van der Waals surface area contributed by atoms with E-state index in [0.29, 0.717) is 62.2 Å². The van der Waals surface area contributed by atoms with Crippen LogP contribution in [0.4, 0.5) is 51.2 Å². The largest absolute Gasteiger partial charge is 0.319 e. The summed E-state index contributed by atoms with van der Waals surface area (Å²) in [6.45, 7) is 24.4. The zero-order chi connectivity index (χ0) is 52.2. The van der Waals surface area contributed by atoms with Crippen molar-refractivity contribution in [2.24, 2.45) is 0 Å². The number of aromatic nitrogens is 3. The minimum atomic E-state index is 0.365. The summed E-state index contributed by atoms with van der Waals surface area (Å²) < 4.78 is 2.12. The number of hydrogen-bond donors (Lipinski definition) is 0. The fourth-order valence-corrected chi connectivity index (χ4v) is 10.1. The van der Waals surface area contributed by atoms with Gasteiger partial charge in [-0.3, -0.25) is 0 Å². The molecule has 0 saturated carbocycles. The first-order chi connectivity index (χ1) is 38.0. The average Bonchev–Trinajstić information content (AvgIpc) is 3.95. The molecule has 0 atom stereocenters. The van der Waals surface area contributed by atoms with Crippen molar-refractivity contribution in [3.63, 3.8) is 0 Å². The number of fused-ring (bicyclic) bond motifs is 3. The molecule has 358 valence electrons. The Labute approximate surface area is 445 Å². The second kappa shape index (κ2) is 20.3. The normalized spacial score (nSPS) is 10.8. The van der Waals surface area contributed by atoms with Crippen LogP contribution in [-0.4, -0.2) is 14.5 Å². The van der Waals surface area contributed by atoms with Crippen molar-refractivity contribution in [1.82, 2.24) is 14.5 Å². The molecular weight excluding hydrogens is 943 g/mol. The van der Waals surface area contributed by atoms with Crippen LogP contribution >= 0.6 is 0 Å². The fraction of sp³-hybridized carbons (Fsp3) is 0. The smallest absolute Gasteiger partial charge is 0.211 e. The van der Waals surface area contributed by atoms with Crippen molar-refractivity contribution < 1.29 is 0 Å². The van der Waals surface area contributed by atoms with Gasteiger partial charge in [-0.1, -0.05) is 146 Å². The first-order valence-electron chi connectivity index (χ1n) is 24.8. The lowest BCUT2D eigenvalue weighted by Gasteiger charge is -2.26. The summed E-state index contributed by atoms with van der Waals surface area (Å²) in [6, 6.07) is 84.5. The predicted molar refractivity (Wildman–Crippen MR) is 311 cm³/mol. The Bertz CT molecular complexity index is 4080. The predicted octanol–water partition coefficient (Wildman–Crippen LogP) is 18.7. The Morgan fingerprint density at radius 1 is 0.377 bits per heavy atom. The molecule has 2 aromatic heterocycles. The van der Waals surface area contributed by atoms with Crippen LogP contribution in [0.5, 0.6) is 0 Å². The number of benzene rings is 10. The highest BCUT2D eigenvalue weighted by Gasteiger charge is 2.23. The number of nitrogens with zero attached hydrogens (tertiary/aromatic N) is 9. The third-order valence-corrected chi connectivity index (χ3v) is 13.7. The van der Waals surface area contributed by atoms with Crippen LogP contribution in [-0.2, 0) is 0 Å². The van der Waals surface area contributed by atoms with Gasteiger partial charge in [0, 0.05) is 61.6 Å². The topological polar surface area (TPSA) is 74.1 Å². The van der Waals surface area contributed by atoms with Crippen molar-refractivity contribution in [3.8, 4) is 56.8 Å². The van der Waals surface area contributed by atoms with E-state index in [1.54, 1.807) is 12.1 Å². The third-order valence-electron chi connectivity index (χ3n) is 13.7. The molecule has 0 radical (unpaired) electrons. The number of hydrogen-bond acceptors (Lipinski definition) is 5. The van der Waals surface area contributed by atoms with E-state index in [2.05, 4.69) is 120 Å². The first-order valence-corrected chi connectivity index (χ1v) is 24.8. The molecule has 0 unspecified atom stereocenters. The molecule has 0 aliphatic rings. The first kappa shape index (κ1) is 46.7. The Kier molecular flexibility index (Phi) is 12.3. The van der Waals surface area contributed by atoms with Gasteiger partial charge in [-0.25, -0.2) is 24.5 Å². The van der Waals surface area contributed by atoms with Gasteiger partial charge in [0.25, 0.3) is 0 Å². The van der Waals surface area contributed by atoms with E-state index in [4.69, 9.17) is 29.7 Å². The quantitative estimate of drug-likeness (QED) is 0.121. The summed E-state index contributed by atoms with van der Waals surface area (Å²) >= 11 is 0. The van der Waals surface area contributed by atoms with Crippen molar-refractivity contribution in [2.75, 3.05) is 9.80 Å². The van der Waals surface area contributed by atoms with Gasteiger partial charge in [0.2, 0.25) is 5.69 Å². The highest BCUT2D eigenvalue weighted by Crippen LogP contribution is 2.45. The van der Waals surface area contributed by atoms with Gasteiger partial charge in [0.15, 0.2) is 11.4 Å². The summed E-state index contributed by atoms with van der Waals surface area (Å²) in [7, 11) is 0. The Morgan fingerprint density at radius 3 is 1.29 bits per heavy atom. The highest BCUT2D eigenvalue weighted by atomic mass is 15.2. The van der Waals surface area contributed by atoms with Crippen LogP contribution in [0.2, 0.25) is 0 Å². The second-order valence-electron chi connectivity index (χ2n) is 18.2. The molecule has 0 fully saturated rings. The molecule has 12 aromatic rings. The lowest BCUT2D eigenvalue weighted by Crippen LogP contribution is -2.09. The molecule has 0 saturated heterocycles. The molecule has 0 aliphatic carbocycles. The van der Waals surface area contributed by atoms with Crippen molar-refractivity contribution >= 4 is 73.0 Å². The zero-order valence-corrected chi connectivity index (χ0v) is 41.2. The van der Waals surface area contributed by atoms with Crippen LogP contribution < -0.4 is 9.80 Å². The van der Waals surface area contributed by atoms with E-state index in [-0.39, 0.29) is 0 Å². The standard InChI is InChI=1S/C68H41N9/c1-70-60-30-18-16-28-55(60)63-44-62(73-68(74-63)56-29-17-19-31-61(56)71-2)47-34-32-46(33-35-47)57-43-64(72-3)67(40-48(57)45-69)77-65-38-36-53(75(49-20-8-4-9-21-49)50-22-10-5-11-23-50)41-58(65)59-42-54(37-39-66(59)77)76(51-24-12-6-13-25-51)52-26-14-7-15-27-52/h4-44H. The zero-order valence-electron chi connectivity index (χ0n) is 41.2. The molecular formula is C68H41N9. The average molecular weight is 984 g/mol. The molecule has 9 heteroatoms. The van der Waals surface area contributed by atoms with E-state index < -0.39 is 0 Å². The summed E-state index contributed by atoms with van der Waals surface area (Å²) in [6.07, 6.45) is 0. The second-order valence-corrected chi connectivity index (χ2v) is 18.2. The van der Waals surface area contributed by atoms with Crippen LogP contribution in [0.25, 0.3) is 87.1 Å². The molecule has 77 heavy (non-hydrogen) atoms. The Balaban J connectivity index is 1.01. The van der Waals surface area contributed by atoms with Gasteiger partial charge >= 0.3 is 0 Å². The maximum absolute atomic E-state index is 11.0. The lowest BCUT2D eigenvalue weighted by molar-refractivity contribution is 1.18. The molecule has 0 N–H and O–H groups in total. The van der Waals surface area contributed by atoms with E-state index in [1.807, 2.05) is 152 Å². The number of para-hydroxylation sites is 6. The van der Waals surface area contributed by atoms with E-state index >= 15 is 0 Å². The summed E-state index contributed by atoms with van der Waals surface area (Å²) in [5.41, 5.74) is 14.4. The van der Waals surface area contributed by atoms with Gasteiger partial charge < -0.3 is 14.4 Å². The molecule has 0 amide bonds. The van der Waals surface area contributed by atoms with Crippen LogP contribution in [0.1, 0.15) is 5.56 Å². The molecule has 2 heterocycles. The Morgan fingerprint density at radius 2 is 0.805 bits per heavy atom. The number of rotatable bonds is 11. The van der Waals surface area contributed by atoms with Gasteiger partial charge in [0.1, 0.15) is 5.82 Å². The maximum Gasteiger partial charge on any atom is 0.211 e. The lowest BCUT2D eigenvalue weighted by atomic mass is 9.96. The van der Waals surface area contributed by atoms with Crippen LogP contribution in [0.3, 0.4) is 0 Å². The van der Waals surface area contributed by atoms with Crippen LogP contribution in [0.15, 0.2) is 249 Å². The monoisotopic (exact) mass is 983 g/mol. The molecule has 0 bridgehead atoms. The van der Waals surface area contributed by atoms with Gasteiger partial charge in [-0.2, -0.15) is 5.26 Å². The highest BCUT2D eigenvalue weighted by molar-refractivity contribution is 6.12. The summed E-state index contributed by atoms with van der Waals surface area (Å²) in [5, 5.41) is 12.9. The summed E-state index contributed by atoms with van der Waals surface area (Å²) in [4.78, 5) is 26.0. The molecule has 9 nitrogen and oxygen atoms in total. The van der Waals surface area contributed by atoms with Gasteiger partial charge in [-0.05, 0) is 114 Å². The Hall–Kier alpha value is -11.4. The van der Waals surface area contributed by atoms with Crippen LogP contribution in [0, 0.1) is 31.0 Å². The third kappa shape index (κ3) is 8.71. The molecule has 0 spiro atoms. The van der Waals surface area contributed by atoms with Crippen molar-refractivity contribution in [3.05, 3.63) is 289 Å². The minimum Gasteiger partial charge on any atom is -0.319 e. The number of anilines is 6. The van der Waals surface area contributed by atoms with E-state index in [1.165, 1.54) is 0 Å². The summed E-state index contributed by atoms with van der Waals surface area (Å²) in [5.74, 6) is 0.365. The van der Waals surface area contributed by atoms with Crippen molar-refractivity contribution in [1.29, 1.82) is 5.26 Å². The SMILES string of the molecule is [C-]#[N+]c1ccccc1-c1cc(-c2ccc(-c3cc([N+]#[C-])c(-n4c5ccc(N(c6ccccc6)c6ccccc6)cc5c5cc(N(c6ccccc6)c6ccccc6)ccc54)cc3C#N)cc2)nc(-c2ccccc2[N+]#[C-])n1.